The highest BCUT2D eigenvalue weighted by Gasteiger charge is 2.34. The van der Waals surface area contributed by atoms with Gasteiger partial charge in [-0.2, -0.15) is 0 Å². The van der Waals surface area contributed by atoms with Crippen LogP contribution in [-0.2, 0) is 0 Å². The Hall–Kier alpha value is -0.370. The number of hydrogen-bond donors (Lipinski definition) is 0. The first-order chi connectivity index (χ1) is 6.48. The van der Waals surface area contributed by atoms with Gasteiger partial charge in [-0.3, -0.25) is 0 Å². The van der Waals surface area contributed by atoms with E-state index in [-0.39, 0.29) is 5.41 Å². The van der Waals surface area contributed by atoms with Gasteiger partial charge in [0.25, 0.3) is 0 Å². The molecular weight excluding hydrogens is 177 g/mol. The van der Waals surface area contributed by atoms with E-state index < -0.39 is 0 Å². The first-order valence-corrected chi connectivity index (χ1v) is 5.46. The van der Waals surface area contributed by atoms with E-state index in [9.17, 15) is 4.39 Å². The molecule has 1 aliphatic rings. The molecule has 0 aromatic rings. The third-order valence-electron chi connectivity index (χ3n) is 3.15. The zero-order valence-electron chi connectivity index (χ0n) is 9.81. The van der Waals surface area contributed by atoms with Crippen LogP contribution < -0.4 is 0 Å². The summed E-state index contributed by atoms with van der Waals surface area (Å²) in [5, 5.41) is 0. The second-order valence-corrected chi connectivity index (χ2v) is 5.28. The molecule has 0 spiro atoms. The second kappa shape index (κ2) is 4.43. The van der Waals surface area contributed by atoms with Gasteiger partial charge in [0.05, 0.1) is 6.33 Å². The zero-order chi connectivity index (χ0) is 10.8. The fraction of sp³-hybridized carbons (Fsp3) is 0.833. The summed E-state index contributed by atoms with van der Waals surface area (Å²) in [4.78, 5) is 2.30. The highest BCUT2D eigenvalue weighted by atomic mass is 19.1. The summed E-state index contributed by atoms with van der Waals surface area (Å²) in [6.45, 7) is 8.57. The summed E-state index contributed by atoms with van der Waals surface area (Å²) in [6, 6.07) is 0. The highest BCUT2D eigenvalue weighted by molar-refractivity contribution is 5.15. The maximum atomic E-state index is 12.8. The minimum Gasteiger partial charge on any atom is -0.305 e. The van der Waals surface area contributed by atoms with Gasteiger partial charge < -0.3 is 4.90 Å². The number of nitrogens with zero attached hydrogens (tertiary/aromatic N) is 1. The van der Waals surface area contributed by atoms with Gasteiger partial charge in [-0.1, -0.05) is 20.8 Å². The quantitative estimate of drug-likeness (QED) is 0.660. The van der Waals surface area contributed by atoms with Crippen LogP contribution in [0.5, 0.6) is 0 Å². The minimum atomic E-state index is 0.0515. The maximum Gasteiger partial charge on any atom is 0.0865 e. The summed E-state index contributed by atoms with van der Waals surface area (Å²) < 4.78 is 12.8. The molecule has 1 nitrogen and oxygen atoms in total. The number of likely N-dealkylation sites (tertiary alicyclic amines) is 1. The Morgan fingerprint density at radius 1 is 1.57 bits per heavy atom. The molecule has 0 unspecified atom stereocenters. The first-order valence-electron chi connectivity index (χ1n) is 5.46. The first kappa shape index (κ1) is 11.7. The summed E-state index contributed by atoms with van der Waals surface area (Å²) in [5.74, 6) is 0.626. The summed E-state index contributed by atoms with van der Waals surface area (Å²) in [6.07, 6.45) is 2.80. The molecule has 2 heteroatoms. The Labute approximate surface area is 87.0 Å². The highest BCUT2D eigenvalue weighted by Crippen LogP contribution is 2.39. The normalized spacial score (nSPS) is 32.9. The lowest BCUT2D eigenvalue weighted by Gasteiger charge is -2.41. The third kappa shape index (κ3) is 2.57. The Morgan fingerprint density at radius 2 is 2.21 bits per heavy atom. The number of halogens is 1. The molecule has 14 heavy (non-hydrogen) atoms. The van der Waals surface area contributed by atoms with E-state index in [0.717, 1.165) is 37.8 Å². The van der Waals surface area contributed by atoms with Crippen molar-refractivity contribution in [2.45, 2.75) is 33.6 Å². The van der Waals surface area contributed by atoms with Gasteiger partial charge in [0, 0.05) is 18.5 Å². The molecule has 0 aromatic heterocycles. The lowest BCUT2D eigenvalue weighted by Crippen LogP contribution is -2.41. The Balaban J connectivity index is 2.78. The SMILES string of the molecule is CC(C)C[C@]1(C)CN(C)CC/C1=C\F. The lowest BCUT2D eigenvalue weighted by atomic mass is 9.72. The van der Waals surface area contributed by atoms with E-state index in [2.05, 4.69) is 32.7 Å². The molecule has 0 aliphatic carbocycles. The van der Waals surface area contributed by atoms with E-state index in [1.807, 2.05) is 0 Å². The molecule has 0 bridgehead atoms. The molecule has 82 valence electrons. The minimum absolute atomic E-state index is 0.0515. The topological polar surface area (TPSA) is 3.24 Å². The summed E-state index contributed by atoms with van der Waals surface area (Å²) in [5.41, 5.74) is 1.06. The van der Waals surface area contributed by atoms with Crippen molar-refractivity contribution in [1.29, 1.82) is 0 Å². The van der Waals surface area contributed by atoms with E-state index in [0.29, 0.717) is 5.92 Å². The van der Waals surface area contributed by atoms with Gasteiger partial charge >= 0.3 is 0 Å². The summed E-state index contributed by atoms with van der Waals surface area (Å²) in [7, 11) is 2.12. The molecule has 1 aliphatic heterocycles. The van der Waals surface area contributed by atoms with Crippen LogP contribution in [0.3, 0.4) is 0 Å². The molecule has 0 aromatic carbocycles. The van der Waals surface area contributed by atoms with Crippen molar-refractivity contribution in [1.82, 2.24) is 4.90 Å². The zero-order valence-corrected chi connectivity index (χ0v) is 9.81. The van der Waals surface area contributed by atoms with Gasteiger partial charge in [0.15, 0.2) is 0 Å². The van der Waals surface area contributed by atoms with Gasteiger partial charge in [-0.15, -0.1) is 0 Å². The van der Waals surface area contributed by atoms with Crippen molar-refractivity contribution >= 4 is 0 Å². The third-order valence-corrected chi connectivity index (χ3v) is 3.15. The van der Waals surface area contributed by atoms with Crippen molar-refractivity contribution in [3.05, 3.63) is 11.9 Å². The van der Waals surface area contributed by atoms with Crippen LogP contribution in [0.4, 0.5) is 4.39 Å². The lowest BCUT2D eigenvalue weighted by molar-refractivity contribution is 0.156. The maximum absolute atomic E-state index is 12.8. The number of piperidine rings is 1. The van der Waals surface area contributed by atoms with Gasteiger partial charge in [-0.05, 0) is 31.4 Å². The Morgan fingerprint density at radius 3 is 2.71 bits per heavy atom. The smallest absolute Gasteiger partial charge is 0.0865 e. The molecule has 1 fully saturated rings. The molecule has 0 radical (unpaired) electrons. The predicted octanol–water partition coefficient (Wildman–Crippen LogP) is 3.23. The van der Waals surface area contributed by atoms with E-state index in [1.165, 1.54) is 0 Å². The van der Waals surface area contributed by atoms with Crippen LogP contribution in [0, 0.1) is 11.3 Å². The number of hydrogen-bond acceptors (Lipinski definition) is 1. The van der Waals surface area contributed by atoms with Crippen molar-refractivity contribution in [2.75, 3.05) is 20.1 Å². The van der Waals surface area contributed by atoms with Crippen molar-refractivity contribution in [3.63, 3.8) is 0 Å². The van der Waals surface area contributed by atoms with E-state index >= 15 is 0 Å². The fourth-order valence-electron chi connectivity index (χ4n) is 2.67. The largest absolute Gasteiger partial charge is 0.305 e. The van der Waals surface area contributed by atoms with Crippen LogP contribution in [-0.4, -0.2) is 25.0 Å². The predicted molar refractivity (Wildman–Crippen MR) is 58.9 cm³/mol. The fourth-order valence-corrected chi connectivity index (χ4v) is 2.67. The Kier molecular flexibility index (Phi) is 3.71. The van der Waals surface area contributed by atoms with Crippen LogP contribution in [0.2, 0.25) is 0 Å². The van der Waals surface area contributed by atoms with E-state index in [4.69, 9.17) is 0 Å². The molecular formula is C12H22FN. The van der Waals surface area contributed by atoms with Crippen molar-refractivity contribution in [3.8, 4) is 0 Å². The van der Waals surface area contributed by atoms with Gasteiger partial charge in [-0.25, -0.2) is 4.39 Å². The monoisotopic (exact) mass is 199 g/mol. The molecule has 1 atom stereocenters. The molecule has 0 saturated carbocycles. The van der Waals surface area contributed by atoms with Crippen LogP contribution in [0.25, 0.3) is 0 Å². The average Bonchev–Trinajstić information content (AvgIpc) is 2.01. The summed E-state index contributed by atoms with van der Waals surface area (Å²) >= 11 is 0. The van der Waals surface area contributed by atoms with Crippen LogP contribution in [0.1, 0.15) is 33.6 Å². The molecule has 1 saturated heterocycles. The molecule has 0 N–H and O–H groups in total. The molecule has 0 amide bonds. The average molecular weight is 199 g/mol. The van der Waals surface area contributed by atoms with Crippen molar-refractivity contribution in [2.24, 2.45) is 11.3 Å². The van der Waals surface area contributed by atoms with Gasteiger partial charge in [0.2, 0.25) is 0 Å². The van der Waals surface area contributed by atoms with Gasteiger partial charge in [0.1, 0.15) is 0 Å². The second-order valence-electron chi connectivity index (χ2n) is 5.28. The Bertz CT molecular complexity index is 218. The number of rotatable bonds is 2. The molecule has 1 rings (SSSR count). The molecule has 1 heterocycles. The van der Waals surface area contributed by atoms with Crippen LogP contribution >= 0.6 is 0 Å². The van der Waals surface area contributed by atoms with E-state index in [1.54, 1.807) is 0 Å². The van der Waals surface area contributed by atoms with Crippen LogP contribution in [0.15, 0.2) is 11.9 Å². The standard InChI is InChI=1S/C12H22FN/c1-10(2)7-12(3)9-14(4)6-5-11(12)8-13/h8,10H,5-7,9H2,1-4H3/b11-8+/t12-/m1/s1. The van der Waals surface area contributed by atoms with Crippen molar-refractivity contribution < 1.29 is 4.39 Å².